The first kappa shape index (κ1) is 23.9. The summed E-state index contributed by atoms with van der Waals surface area (Å²) in [5, 5.41) is 7.10. The number of carbonyl (C=O) groups is 1. The fraction of sp³-hybridized carbons (Fsp3) is 0.214. The molecular formula is C28H28N4O3. The highest BCUT2D eigenvalue weighted by Crippen LogP contribution is 2.14. The fourth-order valence-electron chi connectivity index (χ4n) is 4.09. The lowest BCUT2D eigenvalue weighted by Gasteiger charge is -2.16. The molecule has 0 saturated heterocycles. The van der Waals surface area contributed by atoms with Gasteiger partial charge in [-0.3, -0.25) is 14.2 Å². The van der Waals surface area contributed by atoms with Crippen LogP contribution in [0, 0.1) is 20.8 Å². The van der Waals surface area contributed by atoms with Crippen molar-refractivity contribution >= 4 is 5.91 Å². The topological polar surface area (TPSA) is 86.0 Å². The maximum atomic E-state index is 13.5. The number of aromatic nitrogens is 3. The summed E-state index contributed by atoms with van der Waals surface area (Å²) in [5.41, 5.74) is 3.36. The Morgan fingerprint density at radius 2 is 1.54 bits per heavy atom. The van der Waals surface area contributed by atoms with Gasteiger partial charge in [0.2, 0.25) is 5.69 Å². The van der Waals surface area contributed by atoms with Gasteiger partial charge in [0.1, 0.15) is 0 Å². The molecular weight excluding hydrogens is 440 g/mol. The highest BCUT2D eigenvalue weighted by molar-refractivity contribution is 5.92. The Kier molecular flexibility index (Phi) is 6.78. The highest BCUT2D eigenvalue weighted by atomic mass is 16.2. The number of hydrogen-bond donors (Lipinski definition) is 1. The summed E-state index contributed by atoms with van der Waals surface area (Å²) in [6.07, 6.45) is 0. The van der Waals surface area contributed by atoms with Crippen molar-refractivity contribution in [2.75, 3.05) is 0 Å². The van der Waals surface area contributed by atoms with Gasteiger partial charge in [-0.05, 0) is 67.6 Å². The SMILES string of the molecule is Cc1cc(C)cc(-n2nc(C(=O)N[C@@H](C)c3ccccc3)c(=O)n(Cc3ccccc3C)c2=O)c1. The molecule has 7 nitrogen and oxygen atoms in total. The molecule has 0 spiro atoms. The van der Waals surface area contributed by atoms with Crippen LogP contribution in [0.25, 0.3) is 5.69 Å². The van der Waals surface area contributed by atoms with Crippen molar-refractivity contribution in [3.05, 3.63) is 127 Å². The first-order valence-corrected chi connectivity index (χ1v) is 11.5. The standard InChI is InChI=1S/C28H28N4O3/c1-18-14-19(2)16-24(15-18)32-28(35)31(17-23-13-9-8-10-20(23)3)27(34)25(30-32)26(33)29-21(4)22-11-6-5-7-12-22/h5-16,21H,17H2,1-4H3,(H,29,33)/t21-/m0/s1. The van der Waals surface area contributed by atoms with Crippen molar-refractivity contribution < 1.29 is 4.79 Å². The number of nitrogens with zero attached hydrogens (tertiary/aromatic N) is 3. The van der Waals surface area contributed by atoms with Gasteiger partial charge in [-0.25, -0.2) is 4.79 Å². The van der Waals surface area contributed by atoms with E-state index in [1.54, 1.807) is 12.1 Å². The van der Waals surface area contributed by atoms with Gasteiger partial charge in [0, 0.05) is 0 Å². The van der Waals surface area contributed by atoms with Gasteiger partial charge in [0.05, 0.1) is 18.3 Å². The summed E-state index contributed by atoms with van der Waals surface area (Å²) in [6, 6.07) is 22.2. The molecule has 0 saturated carbocycles. The van der Waals surface area contributed by atoms with E-state index in [4.69, 9.17) is 0 Å². The molecule has 4 rings (SSSR count). The third-order valence-electron chi connectivity index (χ3n) is 5.96. The van der Waals surface area contributed by atoms with Gasteiger partial charge in [0.15, 0.2) is 0 Å². The maximum absolute atomic E-state index is 13.5. The van der Waals surface area contributed by atoms with E-state index in [2.05, 4.69) is 10.4 Å². The lowest BCUT2D eigenvalue weighted by atomic mass is 10.1. The van der Waals surface area contributed by atoms with E-state index in [-0.39, 0.29) is 18.3 Å². The summed E-state index contributed by atoms with van der Waals surface area (Å²) in [6.45, 7) is 7.62. The molecule has 0 aliphatic rings. The van der Waals surface area contributed by atoms with Crippen molar-refractivity contribution in [3.63, 3.8) is 0 Å². The van der Waals surface area contributed by atoms with Crippen LogP contribution >= 0.6 is 0 Å². The fourth-order valence-corrected chi connectivity index (χ4v) is 4.09. The number of nitrogens with one attached hydrogen (secondary N) is 1. The molecule has 0 aliphatic carbocycles. The second kappa shape index (κ2) is 9.93. The van der Waals surface area contributed by atoms with Gasteiger partial charge < -0.3 is 5.32 Å². The van der Waals surface area contributed by atoms with Gasteiger partial charge in [-0.2, -0.15) is 9.78 Å². The lowest BCUT2D eigenvalue weighted by molar-refractivity contribution is 0.0930. The largest absolute Gasteiger partial charge is 0.352 e. The highest BCUT2D eigenvalue weighted by Gasteiger charge is 2.22. The molecule has 0 bridgehead atoms. The molecule has 4 aromatic rings. The number of rotatable bonds is 6. The second-order valence-electron chi connectivity index (χ2n) is 8.81. The van der Waals surface area contributed by atoms with Crippen LogP contribution in [0.15, 0.2) is 82.4 Å². The summed E-state index contributed by atoms with van der Waals surface area (Å²) in [7, 11) is 0. The van der Waals surface area contributed by atoms with Crippen molar-refractivity contribution in [1.82, 2.24) is 19.7 Å². The minimum absolute atomic E-state index is 0.0339. The van der Waals surface area contributed by atoms with Gasteiger partial charge in [0.25, 0.3) is 11.5 Å². The van der Waals surface area contributed by atoms with Gasteiger partial charge in [-0.1, -0.05) is 60.7 Å². The van der Waals surface area contributed by atoms with E-state index in [0.717, 1.165) is 37.1 Å². The quantitative estimate of drug-likeness (QED) is 0.466. The Bertz CT molecular complexity index is 1480. The molecule has 1 amide bonds. The number of aryl methyl sites for hydroxylation is 3. The summed E-state index contributed by atoms with van der Waals surface area (Å²) < 4.78 is 2.22. The monoisotopic (exact) mass is 468 g/mol. The number of amides is 1. The number of benzene rings is 3. The zero-order valence-corrected chi connectivity index (χ0v) is 20.3. The Balaban J connectivity index is 1.85. The number of carbonyl (C=O) groups excluding carboxylic acids is 1. The van der Waals surface area contributed by atoms with E-state index in [1.165, 1.54) is 0 Å². The molecule has 0 unspecified atom stereocenters. The van der Waals surface area contributed by atoms with E-state index in [1.807, 2.05) is 88.4 Å². The second-order valence-corrected chi connectivity index (χ2v) is 8.81. The normalized spacial score (nSPS) is 11.8. The van der Waals surface area contributed by atoms with Crippen LogP contribution in [-0.4, -0.2) is 20.3 Å². The molecule has 7 heteroatoms. The van der Waals surface area contributed by atoms with Crippen molar-refractivity contribution in [1.29, 1.82) is 0 Å². The molecule has 0 fully saturated rings. The molecule has 1 heterocycles. The Morgan fingerprint density at radius 1 is 0.914 bits per heavy atom. The maximum Gasteiger partial charge on any atom is 0.352 e. The van der Waals surface area contributed by atoms with E-state index < -0.39 is 17.2 Å². The van der Waals surface area contributed by atoms with Crippen LogP contribution in [0.4, 0.5) is 0 Å². The van der Waals surface area contributed by atoms with Crippen molar-refractivity contribution in [2.24, 2.45) is 0 Å². The molecule has 35 heavy (non-hydrogen) atoms. The Hall–Kier alpha value is -4.26. The molecule has 0 aliphatic heterocycles. The smallest absolute Gasteiger partial charge is 0.344 e. The summed E-state index contributed by atoms with van der Waals surface area (Å²) in [5.74, 6) is -0.636. The zero-order valence-electron chi connectivity index (χ0n) is 20.3. The molecule has 3 aromatic carbocycles. The van der Waals surface area contributed by atoms with Crippen LogP contribution < -0.4 is 16.6 Å². The van der Waals surface area contributed by atoms with Crippen LogP contribution in [0.1, 0.15) is 51.3 Å². The van der Waals surface area contributed by atoms with Gasteiger partial charge >= 0.3 is 5.69 Å². The summed E-state index contributed by atoms with van der Waals surface area (Å²) >= 11 is 0. The number of hydrogen-bond acceptors (Lipinski definition) is 4. The minimum Gasteiger partial charge on any atom is -0.344 e. The first-order valence-electron chi connectivity index (χ1n) is 11.5. The van der Waals surface area contributed by atoms with Crippen molar-refractivity contribution in [3.8, 4) is 5.69 Å². The average Bonchev–Trinajstić information content (AvgIpc) is 2.82. The first-order chi connectivity index (χ1) is 16.7. The predicted octanol–water partition coefficient (Wildman–Crippen LogP) is 3.86. The Morgan fingerprint density at radius 3 is 2.20 bits per heavy atom. The van der Waals surface area contributed by atoms with E-state index >= 15 is 0 Å². The third kappa shape index (κ3) is 5.14. The molecule has 1 atom stereocenters. The average molecular weight is 469 g/mol. The van der Waals surface area contributed by atoms with Crippen LogP contribution in [-0.2, 0) is 6.54 Å². The predicted molar refractivity (Wildman–Crippen MR) is 136 cm³/mol. The molecule has 1 N–H and O–H groups in total. The molecule has 0 radical (unpaired) electrons. The third-order valence-corrected chi connectivity index (χ3v) is 5.96. The van der Waals surface area contributed by atoms with Crippen molar-refractivity contribution in [2.45, 2.75) is 40.3 Å². The molecule has 1 aromatic heterocycles. The molecule has 178 valence electrons. The lowest BCUT2D eigenvalue weighted by Crippen LogP contribution is -2.46. The summed E-state index contributed by atoms with van der Waals surface area (Å²) in [4.78, 5) is 40.1. The zero-order chi connectivity index (χ0) is 25.1. The Labute approximate surface area is 203 Å². The van der Waals surface area contributed by atoms with Gasteiger partial charge in [-0.15, -0.1) is 0 Å². The van der Waals surface area contributed by atoms with E-state index in [9.17, 15) is 14.4 Å². The van der Waals surface area contributed by atoms with Crippen LogP contribution in [0.3, 0.4) is 0 Å². The van der Waals surface area contributed by atoms with Crippen LogP contribution in [0.2, 0.25) is 0 Å². The van der Waals surface area contributed by atoms with E-state index in [0.29, 0.717) is 5.69 Å². The van der Waals surface area contributed by atoms with Crippen LogP contribution in [0.5, 0.6) is 0 Å². The minimum atomic E-state index is -0.725.